The van der Waals surface area contributed by atoms with Crippen LogP contribution in [0.5, 0.6) is 0 Å². The number of nitrogens with one attached hydrogen (secondary N) is 1. The molecule has 4 nitrogen and oxygen atoms in total. The number of aryl methyl sites for hydroxylation is 1. The molecule has 1 N–H and O–H groups in total. The van der Waals surface area contributed by atoms with Gasteiger partial charge in [0.25, 0.3) is 5.91 Å². The van der Waals surface area contributed by atoms with E-state index in [1.54, 1.807) is 24.3 Å². The standard InChI is InChI=1S/C22H20FNO3S/c1-14-5-3-6-18(15(14)2)22(26)27-13-20(25)24-21(19-7-4-12-28-19)16-8-10-17(23)11-9-16/h3-12,21H,13H2,1-2H3,(H,24,25). The summed E-state index contributed by atoms with van der Waals surface area (Å²) >= 11 is 1.48. The van der Waals surface area contributed by atoms with Gasteiger partial charge in [0.15, 0.2) is 6.61 Å². The van der Waals surface area contributed by atoms with Crippen molar-refractivity contribution in [3.05, 3.63) is 92.9 Å². The van der Waals surface area contributed by atoms with Gasteiger partial charge in [0, 0.05) is 4.88 Å². The molecule has 0 aliphatic heterocycles. The number of thiophene rings is 1. The van der Waals surface area contributed by atoms with Gasteiger partial charge in [-0.25, -0.2) is 9.18 Å². The Kier molecular flexibility index (Phi) is 6.21. The Balaban J connectivity index is 1.68. The highest BCUT2D eigenvalue weighted by Crippen LogP contribution is 2.26. The second-order valence-electron chi connectivity index (χ2n) is 6.39. The highest BCUT2D eigenvalue weighted by Gasteiger charge is 2.20. The summed E-state index contributed by atoms with van der Waals surface area (Å²) in [5.74, 6) is -1.31. The monoisotopic (exact) mass is 397 g/mol. The fourth-order valence-electron chi connectivity index (χ4n) is 2.81. The molecular formula is C22H20FNO3S. The first kappa shape index (κ1) is 19.8. The van der Waals surface area contributed by atoms with Crippen LogP contribution in [0.25, 0.3) is 0 Å². The molecule has 28 heavy (non-hydrogen) atoms. The molecule has 1 aromatic heterocycles. The van der Waals surface area contributed by atoms with Crippen LogP contribution in [0.3, 0.4) is 0 Å². The Morgan fingerprint density at radius 1 is 1.07 bits per heavy atom. The number of carbonyl (C=O) groups excluding carboxylic acids is 2. The Bertz CT molecular complexity index is 968. The second kappa shape index (κ2) is 8.80. The van der Waals surface area contributed by atoms with E-state index in [0.717, 1.165) is 21.6 Å². The molecule has 3 rings (SSSR count). The summed E-state index contributed by atoms with van der Waals surface area (Å²) < 4.78 is 18.4. The summed E-state index contributed by atoms with van der Waals surface area (Å²) in [5.41, 5.74) is 3.00. The molecule has 0 fully saturated rings. The van der Waals surface area contributed by atoms with Crippen LogP contribution < -0.4 is 5.32 Å². The van der Waals surface area contributed by atoms with Crippen molar-refractivity contribution >= 4 is 23.2 Å². The molecule has 1 amide bonds. The van der Waals surface area contributed by atoms with E-state index in [4.69, 9.17) is 4.74 Å². The predicted octanol–water partition coefficient (Wildman–Crippen LogP) is 4.57. The number of esters is 1. The Labute approximate surface area is 167 Å². The molecule has 0 bridgehead atoms. The molecule has 0 radical (unpaired) electrons. The fraction of sp³-hybridized carbons (Fsp3) is 0.182. The summed E-state index contributed by atoms with van der Waals surface area (Å²) in [7, 11) is 0. The molecule has 0 aliphatic carbocycles. The second-order valence-corrected chi connectivity index (χ2v) is 7.37. The normalized spacial score (nSPS) is 11.7. The van der Waals surface area contributed by atoms with Crippen molar-refractivity contribution in [2.75, 3.05) is 6.61 Å². The minimum atomic E-state index is -0.536. The van der Waals surface area contributed by atoms with E-state index >= 15 is 0 Å². The molecule has 0 saturated heterocycles. The Morgan fingerprint density at radius 3 is 2.50 bits per heavy atom. The van der Waals surface area contributed by atoms with E-state index in [0.29, 0.717) is 5.56 Å². The minimum absolute atomic E-state index is 0.345. The third kappa shape index (κ3) is 4.64. The summed E-state index contributed by atoms with van der Waals surface area (Å²) in [6, 6.07) is 14.6. The average Bonchev–Trinajstić information content (AvgIpc) is 3.21. The molecule has 0 aliphatic rings. The van der Waals surface area contributed by atoms with Crippen molar-refractivity contribution < 1.29 is 18.7 Å². The predicted molar refractivity (Wildman–Crippen MR) is 107 cm³/mol. The lowest BCUT2D eigenvalue weighted by Crippen LogP contribution is -2.32. The third-order valence-corrected chi connectivity index (χ3v) is 5.43. The molecule has 3 aromatic rings. The molecule has 144 valence electrons. The molecule has 1 heterocycles. The fourth-order valence-corrected chi connectivity index (χ4v) is 3.62. The van der Waals surface area contributed by atoms with E-state index in [1.165, 1.54) is 23.5 Å². The number of hydrogen-bond donors (Lipinski definition) is 1. The first-order valence-corrected chi connectivity index (χ1v) is 9.65. The van der Waals surface area contributed by atoms with E-state index < -0.39 is 24.5 Å². The highest BCUT2D eigenvalue weighted by molar-refractivity contribution is 7.10. The number of halogens is 1. The van der Waals surface area contributed by atoms with E-state index in [2.05, 4.69) is 5.32 Å². The van der Waals surface area contributed by atoms with Crippen LogP contribution in [-0.2, 0) is 9.53 Å². The van der Waals surface area contributed by atoms with Gasteiger partial charge in [0.2, 0.25) is 0 Å². The summed E-state index contributed by atoms with van der Waals surface area (Å²) in [6.45, 7) is 3.36. The zero-order valence-corrected chi connectivity index (χ0v) is 16.4. The largest absolute Gasteiger partial charge is 0.452 e. The SMILES string of the molecule is Cc1cccc(C(=O)OCC(=O)NC(c2ccc(F)cc2)c2cccs2)c1C. The maximum absolute atomic E-state index is 13.2. The van der Waals surface area contributed by atoms with Crippen molar-refractivity contribution in [3.8, 4) is 0 Å². The average molecular weight is 397 g/mol. The number of rotatable bonds is 6. The summed E-state index contributed by atoms with van der Waals surface area (Å²) in [6.07, 6.45) is 0. The number of ether oxygens (including phenoxy) is 1. The molecular weight excluding hydrogens is 377 g/mol. The lowest BCUT2D eigenvalue weighted by atomic mass is 10.0. The van der Waals surface area contributed by atoms with E-state index in [-0.39, 0.29) is 5.82 Å². The number of amides is 1. The minimum Gasteiger partial charge on any atom is -0.452 e. The smallest absolute Gasteiger partial charge is 0.338 e. The quantitative estimate of drug-likeness (QED) is 0.620. The van der Waals surface area contributed by atoms with Gasteiger partial charge in [-0.2, -0.15) is 0 Å². The van der Waals surface area contributed by atoms with Crippen molar-refractivity contribution in [2.45, 2.75) is 19.9 Å². The van der Waals surface area contributed by atoms with Gasteiger partial charge in [0.05, 0.1) is 11.6 Å². The first-order chi connectivity index (χ1) is 13.5. The molecule has 1 unspecified atom stereocenters. The van der Waals surface area contributed by atoms with Crippen LogP contribution in [-0.4, -0.2) is 18.5 Å². The third-order valence-electron chi connectivity index (χ3n) is 4.50. The zero-order chi connectivity index (χ0) is 20.1. The van der Waals surface area contributed by atoms with Crippen LogP contribution in [0, 0.1) is 19.7 Å². The maximum Gasteiger partial charge on any atom is 0.338 e. The zero-order valence-electron chi connectivity index (χ0n) is 15.6. The van der Waals surface area contributed by atoms with Gasteiger partial charge in [-0.05, 0) is 60.2 Å². The van der Waals surface area contributed by atoms with Gasteiger partial charge < -0.3 is 10.1 Å². The summed E-state index contributed by atoms with van der Waals surface area (Å²) in [5, 5.41) is 4.76. The van der Waals surface area contributed by atoms with Crippen molar-refractivity contribution in [3.63, 3.8) is 0 Å². The van der Waals surface area contributed by atoms with Crippen LogP contribution >= 0.6 is 11.3 Å². The first-order valence-electron chi connectivity index (χ1n) is 8.77. The lowest BCUT2D eigenvalue weighted by Gasteiger charge is -2.18. The van der Waals surface area contributed by atoms with Gasteiger partial charge >= 0.3 is 5.97 Å². The van der Waals surface area contributed by atoms with E-state index in [1.807, 2.05) is 37.4 Å². The van der Waals surface area contributed by atoms with Crippen molar-refractivity contribution in [1.82, 2.24) is 5.32 Å². The van der Waals surface area contributed by atoms with Crippen LogP contribution in [0.15, 0.2) is 60.0 Å². The summed E-state index contributed by atoms with van der Waals surface area (Å²) in [4.78, 5) is 25.6. The highest BCUT2D eigenvalue weighted by atomic mass is 32.1. The van der Waals surface area contributed by atoms with Crippen molar-refractivity contribution in [1.29, 1.82) is 0 Å². The van der Waals surface area contributed by atoms with Gasteiger partial charge in [-0.3, -0.25) is 4.79 Å². The molecule has 6 heteroatoms. The van der Waals surface area contributed by atoms with Gasteiger partial charge in [-0.1, -0.05) is 30.3 Å². The van der Waals surface area contributed by atoms with Gasteiger partial charge in [-0.15, -0.1) is 11.3 Å². The molecule has 0 saturated carbocycles. The molecule has 1 atom stereocenters. The number of hydrogen-bond acceptors (Lipinski definition) is 4. The Hall–Kier alpha value is -2.99. The Morgan fingerprint density at radius 2 is 1.82 bits per heavy atom. The van der Waals surface area contributed by atoms with E-state index in [9.17, 15) is 14.0 Å². The number of benzene rings is 2. The number of carbonyl (C=O) groups is 2. The molecule has 2 aromatic carbocycles. The van der Waals surface area contributed by atoms with Crippen LogP contribution in [0.1, 0.15) is 38.0 Å². The maximum atomic E-state index is 13.2. The van der Waals surface area contributed by atoms with Crippen molar-refractivity contribution in [2.24, 2.45) is 0 Å². The van der Waals surface area contributed by atoms with Gasteiger partial charge in [0.1, 0.15) is 5.82 Å². The van der Waals surface area contributed by atoms with Crippen LogP contribution in [0.4, 0.5) is 4.39 Å². The topological polar surface area (TPSA) is 55.4 Å². The van der Waals surface area contributed by atoms with Crippen LogP contribution in [0.2, 0.25) is 0 Å². The molecule has 0 spiro atoms. The lowest BCUT2D eigenvalue weighted by molar-refractivity contribution is -0.124.